The van der Waals surface area contributed by atoms with Crippen LogP contribution < -0.4 is 0 Å². The third kappa shape index (κ3) is 4.35. The lowest BCUT2D eigenvalue weighted by molar-refractivity contribution is -0.275. The van der Waals surface area contributed by atoms with Crippen LogP contribution in [0, 0.1) is 5.92 Å². The number of nitrogens with zero attached hydrogens (tertiary/aromatic N) is 2. The van der Waals surface area contributed by atoms with Crippen molar-refractivity contribution in [2.45, 2.75) is 49.8 Å². The second-order valence-corrected chi connectivity index (χ2v) is 8.69. The highest BCUT2D eigenvalue weighted by Gasteiger charge is 2.55. The first-order chi connectivity index (χ1) is 14.5. The zero-order valence-electron chi connectivity index (χ0n) is 17.7. The lowest BCUT2D eigenvalue weighted by Crippen LogP contribution is -2.57. The molecule has 2 amide bonds. The molecule has 31 heavy (non-hydrogen) atoms. The molecule has 2 aliphatic rings. The largest absolute Gasteiger partial charge is 0.417 e. The van der Waals surface area contributed by atoms with Crippen molar-refractivity contribution in [2.24, 2.45) is 5.92 Å². The monoisotopic (exact) mass is 438 g/mol. The number of alkyl halides is 3. The number of piperidine rings is 2. The summed E-state index contributed by atoms with van der Waals surface area (Å²) >= 11 is 0. The van der Waals surface area contributed by atoms with Crippen molar-refractivity contribution in [3.63, 3.8) is 0 Å². The van der Waals surface area contributed by atoms with Crippen molar-refractivity contribution in [3.05, 3.63) is 48.6 Å². The van der Waals surface area contributed by atoms with Crippen LogP contribution in [-0.2, 0) is 15.0 Å². The molecule has 0 spiro atoms. The van der Waals surface area contributed by atoms with E-state index in [-0.39, 0.29) is 37.7 Å². The van der Waals surface area contributed by atoms with Crippen LogP contribution in [0.1, 0.15) is 38.2 Å². The Labute approximate surface area is 180 Å². The average molecular weight is 438 g/mol. The highest BCUT2D eigenvalue weighted by molar-refractivity contribution is 5.90. The third-order valence-corrected chi connectivity index (χ3v) is 6.99. The Morgan fingerprint density at radius 1 is 1.06 bits per heavy atom. The Balaban J connectivity index is 1.78. The number of halogens is 3. The highest BCUT2D eigenvalue weighted by Crippen LogP contribution is 2.42. The van der Waals surface area contributed by atoms with E-state index in [0.29, 0.717) is 25.9 Å². The van der Waals surface area contributed by atoms with Gasteiger partial charge in [-0.2, -0.15) is 13.2 Å². The van der Waals surface area contributed by atoms with E-state index in [2.05, 4.69) is 6.58 Å². The van der Waals surface area contributed by atoms with E-state index in [1.165, 1.54) is 6.08 Å². The molecule has 2 saturated heterocycles. The Kier molecular flexibility index (Phi) is 6.51. The maximum atomic E-state index is 13.7. The number of aliphatic hydroxyl groups is 1. The van der Waals surface area contributed by atoms with Crippen molar-refractivity contribution in [1.82, 2.24) is 9.80 Å². The first-order valence-corrected chi connectivity index (χ1v) is 10.6. The maximum absolute atomic E-state index is 13.7. The van der Waals surface area contributed by atoms with Crippen LogP contribution in [0.2, 0.25) is 0 Å². The summed E-state index contributed by atoms with van der Waals surface area (Å²) in [5.74, 6) is -1.24. The second-order valence-electron chi connectivity index (χ2n) is 8.69. The van der Waals surface area contributed by atoms with E-state index >= 15 is 0 Å². The number of rotatable bonds is 4. The first-order valence-electron chi connectivity index (χ1n) is 10.6. The molecule has 2 fully saturated rings. The Morgan fingerprint density at radius 2 is 1.61 bits per heavy atom. The number of carbonyl (C=O) groups is 2. The number of benzene rings is 1. The highest BCUT2D eigenvalue weighted by atomic mass is 19.4. The molecular formula is C23H29F3N2O3. The lowest BCUT2D eigenvalue weighted by atomic mass is 9.71. The van der Waals surface area contributed by atoms with E-state index in [0.717, 1.165) is 12.5 Å². The second kappa shape index (κ2) is 8.65. The van der Waals surface area contributed by atoms with Gasteiger partial charge in [-0.25, -0.2) is 0 Å². The predicted molar refractivity (Wildman–Crippen MR) is 110 cm³/mol. The Bertz CT molecular complexity index is 807. The number of carbonyl (C=O) groups excluding carboxylic acids is 2. The summed E-state index contributed by atoms with van der Waals surface area (Å²) in [5.41, 5.74) is -2.73. The number of likely N-dealkylation sites (tertiary alicyclic amines) is 2. The molecule has 2 heterocycles. The molecule has 170 valence electrons. The summed E-state index contributed by atoms with van der Waals surface area (Å²) in [6.45, 7) is 5.48. The summed E-state index contributed by atoms with van der Waals surface area (Å²) in [6.07, 6.45) is -2.39. The third-order valence-electron chi connectivity index (χ3n) is 6.99. The quantitative estimate of drug-likeness (QED) is 0.734. The van der Waals surface area contributed by atoms with E-state index in [1.807, 2.05) is 30.3 Å². The van der Waals surface area contributed by atoms with E-state index in [4.69, 9.17) is 0 Å². The van der Waals surface area contributed by atoms with Crippen molar-refractivity contribution in [2.75, 3.05) is 26.2 Å². The fourth-order valence-electron chi connectivity index (χ4n) is 4.80. The van der Waals surface area contributed by atoms with Crippen LogP contribution in [0.15, 0.2) is 43.0 Å². The topological polar surface area (TPSA) is 60.9 Å². The minimum atomic E-state index is -4.71. The molecule has 1 aromatic rings. The van der Waals surface area contributed by atoms with E-state index < -0.39 is 23.1 Å². The zero-order chi connectivity index (χ0) is 22.9. The molecule has 0 aliphatic carbocycles. The number of amides is 2. The summed E-state index contributed by atoms with van der Waals surface area (Å²) in [6, 6.07) is 9.37. The molecule has 1 aromatic carbocycles. The van der Waals surface area contributed by atoms with Crippen LogP contribution in [0.25, 0.3) is 0 Å². The van der Waals surface area contributed by atoms with Gasteiger partial charge in [-0.15, -0.1) is 0 Å². The molecule has 2 aliphatic heterocycles. The van der Waals surface area contributed by atoms with Gasteiger partial charge in [-0.1, -0.05) is 36.9 Å². The summed E-state index contributed by atoms with van der Waals surface area (Å²) < 4.78 is 39.6. The summed E-state index contributed by atoms with van der Waals surface area (Å²) in [5, 5.41) is 10.0. The molecule has 1 N–H and O–H groups in total. The average Bonchev–Trinajstić information content (AvgIpc) is 2.78. The molecule has 5 nitrogen and oxygen atoms in total. The molecule has 0 radical (unpaired) electrons. The van der Waals surface area contributed by atoms with Gasteiger partial charge in [0.15, 0.2) is 5.60 Å². The number of hydrogen-bond acceptors (Lipinski definition) is 3. The van der Waals surface area contributed by atoms with Crippen molar-refractivity contribution >= 4 is 11.8 Å². The smallest absolute Gasteiger partial charge is 0.380 e. The minimum Gasteiger partial charge on any atom is -0.380 e. The van der Waals surface area contributed by atoms with Crippen LogP contribution in [0.3, 0.4) is 0 Å². The molecule has 1 atom stereocenters. The summed E-state index contributed by atoms with van der Waals surface area (Å²) in [4.78, 5) is 29.0. The van der Waals surface area contributed by atoms with Crippen molar-refractivity contribution in [3.8, 4) is 0 Å². The van der Waals surface area contributed by atoms with Gasteiger partial charge in [0.2, 0.25) is 11.8 Å². The van der Waals surface area contributed by atoms with E-state index in [1.54, 1.807) is 9.80 Å². The maximum Gasteiger partial charge on any atom is 0.417 e. The van der Waals surface area contributed by atoms with Gasteiger partial charge in [0.25, 0.3) is 0 Å². The van der Waals surface area contributed by atoms with Gasteiger partial charge in [-0.05, 0) is 50.2 Å². The van der Waals surface area contributed by atoms with Gasteiger partial charge < -0.3 is 14.9 Å². The van der Waals surface area contributed by atoms with Gasteiger partial charge in [0.05, 0.1) is 5.41 Å². The fraction of sp³-hybridized carbons (Fsp3) is 0.565. The number of hydrogen-bond donors (Lipinski definition) is 1. The van der Waals surface area contributed by atoms with Gasteiger partial charge in [0, 0.05) is 26.2 Å². The SMILES string of the molecule is C=CC(=O)N1CCC(C(=O)N2CCC(C(C)(O)C(F)(F)F)CC2)(c2ccccc2)CC1. The molecule has 8 heteroatoms. The van der Waals surface area contributed by atoms with E-state index in [9.17, 15) is 27.9 Å². The molecule has 0 bridgehead atoms. The van der Waals surface area contributed by atoms with Crippen LogP contribution in [-0.4, -0.2) is 64.7 Å². The lowest BCUT2D eigenvalue weighted by Gasteiger charge is -2.46. The molecule has 0 aromatic heterocycles. The van der Waals surface area contributed by atoms with Gasteiger partial charge in [-0.3, -0.25) is 9.59 Å². The normalized spacial score (nSPS) is 22.0. The zero-order valence-corrected chi connectivity index (χ0v) is 17.7. The van der Waals surface area contributed by atoms with Gasteiger partial charge >= 0.3 is 6.18 Å². The standard InChI is InChI=1S/C23H29F3N2O3/c1-3-19(29)27-15-11-22(12-16-27,18-7-5-4-6-8-18)20(30)28-13-9-17(10-14-28)21(2,31)23(24,25)26/h3-8,17,31H,1,9-16H2,2H3. The molecule has 1 unspecified atom stereocenters. The fourth-order valence-corrected chi connectivity index (χ4v) is 4.80. The van der Waals surface area contributed by atoms with Crippen molar-refractivity contribution in [1.29, 1.82) is 0 Å². The Hall–Kier alpha value is -2.35. The van der Waals surface area contributed by atoms with Gasteiger partial charge in [0.1, 0.15) is 0 Å². The van der Waals surface area contributed by atoms with Crippen LogP contribution >= 0.6 is 0 Å². The first kappa shape index (κ1) is 23.3. The molecular weight excluding hydrogens is 409 g/mol. The molecule has 3 rings (SSSR count). The Morgan fingerprint density at radius 3 is 2.10 bits per heavy atom. The van der Waals surface area contributed by atoms with Crippen LogP contribution in [0.5, 0.6) is 0 Å². The summed E-state index contributed by atoms with van der Waals surface area (Å²) in [7, 11) is 0. The van der Waals surface area contributed by atoms with Crippen LogP contribution in [0.4, 0.5) is 13.2 Å². The minimum absolute atomic E-state index is 0.0875. The van der Waals surface area contributed by atoms with Crippen molar-refractivity contribution < 1.29 is 27.9 Å². The predicted octanol–water partition coefficient (Wildman–Crippen LogP) is 3.28. The molecule has 0 saturated carbocycles.